The van der Waals surface area contributed by atoms with Crippen LogP contribution in [0.2, 0.25) is 0 Å². The molecule has 4 rings (SSSR count). The van der Waals surface area contributed by atoms with Gasteiger partial charge < -0.3 is 20.3 Å². The van der Waals surface area contributed by atoms with Crippen LogP contribution in [-0.2, 0) is 9.53 Å². The lowest BCUT2D eigenvalue weighted by Crippen LogP contribution is -2.44. The number of thiophene rings is 1. The van der Waals surface area contributed by atoms with Gasteiger partial charge in [-0.15, -0.1) is 11.3 Å². The van der Waals surface area contributed by atoms with Crippen molar-refractivity contribution in [3.05, 3.63) is 33.7 Å². The van der Waals surface area contributed by atoms with Gasteiger partial charge in [0.05, 0.1) is 30.0 Å². The number of nitrogens with one attached hydrogen (secondary N) is 2. The van der Waals surface area contributed by atoms with Crippen molar-refractivity contribution in [2.24, 2.45) is 0 Å². The number of urea groups is 1. The van der Waals surface area contributed by atoms with E-state index < -0.39 is 0 Å². The van der Waals surface area contributed by atoms with Crippen molar-refractivity contribution in [3.8, 4) is 0 Å². The second kappa shape index (κ2) is 5.40. The summed E-state index contributed by atoms with van der Waals surface area (Å²) in [6, 6.07) is 3.29. The van der Waals surface area contributed by atoms with Crippen LogP contribution in [0, 0.1) is 0 Å². The van der Waals surface area contributed by atoms with Crippen LogP contribution >= 0.6 is 11.3 Å². The molecule has 1 aromatic rings. The zero-order valence-corrected chi connectivity index (χ0v) is 12.8. The van der Waals surface area contributed by atoms with Crippen LogP contribution in [0.5, 0.6) is 0 Å². The molecule has 0 saturated carbocycles. The van der Waals surface area contributed by atoms with Crippen LogP contribution in [0.25, 0.3) is 0 Å². The number of nitrogens with zero attached hydrogens (tertiary/aromatic N) is 1. The highest BCUT2D eigenvalue weighted by molar-refractivity contribution is 7.10. The quantitative estimate of drug-likeness (QED) is 0.884. The van der Waals surface area contributed by atoms with E-state index >= 15 is 0 Å². The first kappa shape index (κ1) is 13.8. The molecule has 1 fully saturated rings. The lowest BCUT2D eigenvalue weighted by molar-refractivity contribution is -0.127. The average molecular weight is 319 g/mol. The van der Waals surface area contributed by atoms with E-state index in [0.717, 1.165) is 30.0 Å². The topological polar surface area (TPSA) is 70.7 Å². The van der Waals surface area contributed by atoms with Crippen molar-refractivity contribution in [1.82, 2.24) is 15.5 Å². The van der Waals surface area contributed by atoms with Crippen LogP contribution in [-0.4, -0.2) is 42.6 Å². The van der Waals surface area contributed by atoms with Crippen molar-refractivity contribution in [3.63, 3.8) is 0 Å². The molecule has 2 N–H and O–H groups in total. The summed E-state index contributed by atoms with van der Waals surface area (Å²) in [5.74, 6) is -0.00333. The van der Waals surface area contributed by atoms with Crippen molar-refractivity contribution in [1.29, 1.82) is 0 Å². The molecule has 2 atom stereocenters. The summed E-state index contributed by atoms with van der Waals surface area (Å²) in [6.07, 6.45) is 2.16. The molecule has 3 amide bonds. The van der Waals surface area contributed by atoms with E-state index in [1.54, 1.807) is 16.2 Å². The Morgan fingerprint density at radius 1 is 1.41 bits per heavy atom. The second-order valence-electron chi connectivity index (χ2n) is 5.76. The first-order valence-electron chi connectivity index (χ1n) is 7.47. The maximum absolute atomic E-state index is 12.8. The standard InChI is InChI=1S/C15H17N3O3S/c19-14-12-10(8-18(14)7-9-3-1-5-21-9)16-15(20)17-13(12)11-4-2-6-22-11/h2,4,6,9,13H,1,3,5,7-8H2,(H2,16,17,20)/t9-,13-/m1/s1. The Balaban J connectivity index is 1.58. The monoisotopic (exact) mass is 319 g/mol. The number of carbonyl (C=O) groups is 2. The van der Waals surface area contributed by atoms with Gasteiger partial charge in [0.1, 0.15) is 0 Å². The third kappa shape index (κ3) is 2.30. The SMILES string of the molecule is O=C1NC2=C(C(=O)N(C[C@H]3CCCO3)C2)[C@@H](c2cccs2)N1. The van der Waals surface area contributed by atoms with Gasteiger partial charge in [-0.3, -0.25) is 4.79 Å². The Labute approximate surface area is 132 Å². The van der Waals surface area contributed by atoms with Gasteiger partial charge in [0.2, 0.25) is 0 Å². The smallest absolute Gasteiger partial charge is 0.319 e. The van der Waals surface area contributed by atoms with Gasteiger partial charge in [0.25, 0.3) is 5.91 Å². The Morgan fingerprint density at radius 3 is 3.05 bits per heavy atom. The maximum Gasteiger partial charge on any atom is 0.319 e. The number of rotatable bonds is 3. The number of hydrogen-bond donors (Lipinski definition) is 2. The minimum atomic E-state index is -0.342. The predicted molar refractivity (Wildman–Crippen MR) is 81.3 cm³/mol. The zero-order valence-electron chi connectivity index (χ0n) is 12.0. The third-order valence-corrected chi connectivity index (χ3v) is 5.23. The molecule has 4 heterocycles. The highest BCUT2D eigenvalue weighted by atomic mass is 32.1. The molecule has 6 nitrogen and oxygen atoms in total. The summed E-state index contributed by atoms with van der Waals surface area (Å²) in [5.41, 5.74) is 1.39. The predicted octanol–water partition coefficient (Wildman–Crippen LogP) is 1.38. The molecule has 3 aliphatic rings. The molecule has 0 unspecified atom stereocenters. The molecule has 116 valence electrons. The molecule has 0 radical (unpaired) electrons. The lowest BCUT2D eigenvalue weighted by atomic mass is 10.0. The van der Waals surface area contributed by atoms with Crippen molar-refractivity contribution >= 4 is 23.3 Å². The molecule has 0 aliphatic carbocycles. The molecule has 3 aliphatic heterocycles. The Morgan fingerprint density at radius 2 is 2.32 bits per heavy atom. The summed E-state index contributed by atoms with van der Waals surface area (Å²) >= 11 is 1.54. The van der Waals surface area contributed by atoms with E-state index in [1.807, 2.05) is 17.5 Å². The fourth-order valence-electron chi connectivity index (χ4n) is 3.28. The van der Waals surface area contributed by atoms with Crippen LogP contribution in [0.3, 0.4) is 0 Å². The number of amides is 3. The molecule has 7 heteroatoms. The minimum Gasteiger partial charge on any atom is -0.376 e. The van der Waals surface area contributed by atoms with Gasteiger partial charge in [-0.1, -0.05) is 6.07 Å². The van der Waals surface area contributed by atoms with Crippen molar-refractivity contribution in [2.75, 3.05) is 19.7 Å². The molecule has 1 aromatic heterocycles. The van der Waals surface area contributed by atoms with Gasteiger partial charge in [-0.05, 0) is 24.3 Å². The number of carbonyl (C=O) groups excluding carboxylic acids is 2. The molecular weight excluding hydrogens is 302 g/mol. The third-order valence-electron chi connectivity index (χ3n) is 4.30. The van der Waals surface area contributed by atoms with Gasteiger partial charge in [0, 0.05) is 18.0 Å². The van der Waals surface area contributed by atoms with Crippen LogP contribution in [0.4, 0.5) is 4.79 Å². The first-order chi connectivity index (χ1) is 10.7. The molecule has 22 heavy (non-hydrogen) atoms. The minimum absolute atomic E-state index is 0.00333. The summed E-state index contributed by atoms with van der Waals surface area (Å²) in [6.45, 7) is 1.83. The second-order valence-corrected chi connectivity index (χ2v) is 6.74. The molecule has 0 bridgehead atoms. The summed E-state index contributed by atoms with van der Waals surface area (Å²) < 4.78 is 5.62. The Hall–Kier alpha value is -1.86. The van der Waals surface area contributed by atoms with Crippen molar-refractivity contribution in [2.45, 2.75) is 25.0 Å². The Bertz CT molecular complexity index is 634. The highest BCUT2D eigenvalue weighted by Gasteiger charge is 2.41. The van der Waals surface area contributed by atoms with E-state index in [0.29, 0.717) is 18.7 Å². The van der Waals surface area contributed by atoms with E-state index in [2.05, 4.69) is 10.6 Å². The van der Waals surface area contributed by atoms with Crippen LogP contribution in [0.15, 0.2) is 28.8 Å². The zero-order chi connectivity index (χ0) is 15.1. The average Bonchev–Trinajstić information content (AvgIpc) is 3.22. The molecule has 0 spiro atoms. The first-order valence-corrected chi connectivity index (χ1v) is 8.35. The summed E-state index contributed by atoms with van der Waals surface area (Å²) in [5, 5.41) is 7.60. The fourth-order valence-corrected chi connectivity index (χ4v) is 4.06. The highest BCUT2D eigenvalue weighted by Crippen LogP contribution is 2.34. The summed E-state index contributed by atoms with van der Waals surface area (Å²) in [7, 11) is 0. The van der Waals surface area contributed by atoms with Crippen LogP contribution < -0.4 is 10.6 Å². The molecule has 1 saturated heterocycles. The lowest BCUT2D eigenvalue weighted by Gasteiger charge is -2.24. The maximum atomic E-state index is 12.8. The van der Waals surface area contributed by atoms with Gasteiger partial charge in [-0.2, -0.15) is 0 Å². The van der Waals surface area contributed by atoms with E-state index in [4.69, 9.17) is 4.74 Å². The van der Waals surface area contributed by atoms with E-state index in [1.165, 1.54) is 0 Å². The van der Waals surface area contributed by atoms with Crippen LogP contribution in [0.1, 0.15) is 23.8 Å². The Kier molecular flexibility index (Phi) is 3.38. The van der Waals surface area contributed by atoms with E-state index in [-0.39, 0.29) is 24.1 Å². The van der Waals surface area contributed by atoms with Gasteiger partial charge >= 0.3 is 6.03 Å². The van der Waals surface area contributed by atoms with E-state index in [9.17, 15) is 9.59 Å². The van der Waals surface area contributed by atoms with Gasteiger partial charge in [0.15, 0.2) is 0 Å². The largest absolute Gasteiger partial charge is 0.376 e. The fraction of sp³-hybridized carbons (Fsp3) is 0.467. The summed E-state index contributed by atoms with van der Waals surface area (Å²) in [4.78, 5) is 27.4. The number of ether oxygens (including phenoxy) is 1. The molecular formula is C15H17N3O3S. The molecule has 0 aromatic carbocycles. The van der Waals surface area contributed by atoms with Gasteiger partial charge in [-0.25, -0.2) is 4.79 Å². The normalized spacial score (nSPS) is 27.9. The number of hydrogen-bond acceptors (Lipinski definition) is 4. The van der Waals surface area contributed by atoms with Crippen molar-refractivity contribution < 1.29 is 14.3 Å².